The predicted octanol–water partition coefficient (Wildman–Crippen LogP) is 1.33. The van der Waals surface area contributed by atoms with Crippen LogP contribution in [0.5, 0.6) is 0 Å². The van der Waals surface area contributed by atoms with E-state index in [1.807, 2.05) is 24.3 Å². The van der Waals surface area contributed by atoms with Gasteiger partial charge in [-0.3, -0.25) is 9.78 Å². The van der Waals surface area contributed by atoms with Crippen molar-refractivity contribution in [1.82, 2.24) is 4.98 Å². The number of hydrogen-bond acceptors (Lipinski definition) is 2. The summed E-state index contributed by atoms with van der Waals surface area (Å²) in [7, 11) is 0. The van der Waals surface area contributed by atoms with Crippen LogP contribution in [0.4, 0.5) is 0 Å². The fourth-order valence-corrected chi connectivity index (χ4v) is 1.31. The zero-order valence-electron chi connectivity index (χ0n) is 6.90. The van der Waals surface area contributed by atoms with E-state index in [0.717, 1.165) is 10.8 Å². The first-order valence-corrected chi connectivity index (χ1v) is 3.91. The summed E-state index contributed by atoms with van der Waals surface area (Å²) in [4.78, 5) is 14.9. The van der Waals surface area contributed by atoms with Gasteiger partial charge in [0.05, 0.1) is 5.56 Å². The van der Waals surface area contributed by atoms with Crippen molar-refractivity contribution in [1.29, 1.82) is 0 Å². The minimum atomic E-state index is -0.440. The summed E-state index contributed by atoms with van der Waals surface area (Å²) in [5.74, 6) is -0.440. The minimum Gasteiger partial charge on any atom is -0.366 e. The molecule has 64 valence electrons. The number of carbonyl (C=O) groups is 1. The van der Waals surface area contributed by atoms with E-state index < -0.39 is 5.91 Å². The number of hydrogen-bond donors (Lipinski definition) is 1. The van der Waals surface area contributed by atoms with Crippen LogP contribution in [0.2, 0.25) is 0 Å². The van der Waals surface area contributed by atoms with Gasteiger partial charge in [-0.1, -0.05) is 24.3 Å². The molecule has 0 aliphatic rings. The molecule has 0 saturated carbocycles. The van der Waals surface area contributed by atoms with Gasteiger partial charge in [0.2, 0.25) is 0 Å². The molecule has 1 amide bonds. The molecule has 0 radical (unpaired) electrons. The van der Waals surface area contributed by atoms with Crippen LogP contribution in [-0.2, 0) is 0 Å². The maximum Gasteiger partial charge on any atom is 0.250 e. The number of fused-ring (bicyclic) bond motifs is 1. The van der Waals surface area contributed by atoms with Crippen LogP contribution in [0.15, 0.2) is 36.7 Å². The van der Waals surface area contributed by atoms with Gasteiger partial charge < -0.3 is 5.73 Å². The van der Waals surface area contributed by atoms with Crippen molar-refractivity contribution in [2.75, 3.05) is 0 Å². The number of nitrogens with zero attached hydrogens (tertiary/aromatic N) is 1. The molecule has 0 aliphatic carbocycles. The molecule has 2 rings (SSSR count). The van der Waals surface area contributed by atoms with Gasteiger partial charge in [0, 0.05) is 17.8 Å². The van der Waals surface area contributed by atoms with Crippen molar-refractivity contribution < 1.29 is 4.79 Å². The monoisotopic (exact) mass is 172 g/mol. The van der Waals surface area contributed by atoms with Crippen molar-refractivity contribution in [3.63, 3.8) is 0 Å². The second kappa shape index (κ2) is 2.86. The van der Waals surface area contributed by atoms with Gasteiger partial charge in [0.1, 0.15) is 0 Å². The highest BCUT2D eigenvalue weighted by Gasteiger charge is 2.04. The summed E-state index contributed by atoms with van der Waals surface area (Å²) in [5, 5.41) is 1.78. The molecule has 0 saturated heterocycles. The van der Waals surface area contributed by atoms with E-state index in [1.54, 1.807) is 6.20 Å². The van der Waals surface area contributed by atoms with Crippen molar-refractivity contribution in [3.8, 4) is 0 Å². The standard InChI is InChI=1S/C10H8N2O/c11-10(13)9-6-12-5-7-3-1-2-4-8(7)9/h1-6H,(H2,11,13). The lowest BCUT2D eigenvalue weighted by molar-refractivity contribution is 0.100. The first-order chi connectivity index (χ1) is 6.29. The Bertz CT molecular complexity index is 460. The van der Waals surface area contributed by atoms with E-state index >= 15 is 0 Å². The first-order valence-electron chi connectivity index (χ1n) is 3.91. The highest BCUT2D eigenvalue weighted by molar-refractivity contribution is 6.05. The molecule has 0 unspecified atom stereocenters. The third kappa shape index (κ3) is 1.24. The summed E-state index contributed by atoms with van der Waals surface area (Å²) in [6, 6.07) is 7.52. The van der Waals surface area contributed by atoms with Crippen LogP contribution < -0.4 is 5.73 Å². The lowest BCUT2D eigenvalue weighted by Crippen LogP contribution is -2.11. The number of carbonyl (C=O) groups excluding carboxylic acids is 1. The number of pyridine rings is 1. The van der Waals surface area contributed by atoms with Crippen molar-refractivity contribution in [2.45, 2.75) is 0 Å². The molecule has 1 aromatic heterocycles. The van der Waals surface area contributed by atoms with E-state index in [-0.39, 0.29) is 0 Å². The highest BCUT2D eigenvalue weighted by atomic mass is 16.1. The Kier molecular flexibility index (Phi) is 1.70. The van der Waals surface area contributed by atoms with Crippen LogP contribution >= 0.6 is 0 Å². The lowest BCUT2D eigenvalue weighted by Gasteiger charge is -2.00. The largest absolute Gasteiger partial charge is 0.366 e. The number of nitrogens with two attached hydrogens (primary N) is 1. The highest BCUT2D eigenvalue weighted by Crippen LogP contribution is 2.15. The average molecular weight is 172 g/mol. The molecule has 0 fully saturated rings. The summed E-state index contributed by atoms with van der Waals surface area (Å²) in [6.07, 6.45) is 3.20. The van der Waals surface area contributed by atoms with Crippen LogP contribution in [-0.4, -0.2) is 10.9 Å². The Morgan fingerprint density at radius 1 is 1.23 bits per heavy atom. The fourth-order valence-electron chi connectivity index (χ4n) is 1.31. The molecular formula is C10H8N2O. The Morgan fingerprint density at radius 3 is 2.77 bits per heavy atom. The van der Waals surface area contributed by atoms with E-state index in [2.05, 4.69) is 4.98 Å². The number of aromatic nitrogens is 1. The maximum absolute atomic E-state index is 11.0. The molecule has 1 aromatic carbocycles. The molecule has 0 atom stereocenters. The van der Waals surface area contributed by atoms with Gasteiger partial charge in [0.25, 0.3) is 5.91 Å². The van der Waals surface area contributed by atoms with E-state index in [4.69, 9.17) is 5.73 Å². The zero-order chi connectivity index (χ0) is 9.26. The fraction of sp³-hybridized carbons (Fsp3) is 0. The molecule has 3 heteroatoms. The van der Waals surface area contributed by atoms with E-state index in [9.17, 15) is 4.79 Å². The van der Waals surface area contributed by atoms with Crippen molar-refractivity contribution >= 4 is 16.7 Å². The van der Waals surface area contributed by atoms with Gasteiger partial charge in [-0.15, -0.1) is 0 Å². The Labute approximate surface area is 75.2 Å². The smallest absolute Gasteiger partial charge is 0.250 e. The van der Waals surface area contributed by atoms with Gasteiger partial charge in [-0.25, -0.2) is 0 Å². The molecule has 2 N–H and O–H groups in total. The molecule has 2 aromatic rings. The first kappa shape index (κ1) is 7.73. The third-order valence-electron chi connectivity index (χ3n) is 1.93. The Hall–Kier alpha value is -1.90. The third-order valence-corrected chi connectivity index (χ3v) is 1.93. The van der Waals surface area contributed by atoms with E-state index in [1.165, 1.54) is 6.20 Å². The quantitative estimate of drug-likeness (QED) is 0.705. The van der Waals surface area contributed by atoms with Gasteiger partial charge in [-0.2, -0.15) is 0 Å². The SMILES string of the molecule is NC(=O)c1cncc2ccccc12. The molecule has 13 heavy (non-hydrogen) atoms. The van der Waals surface area contributed by atoms with Crippen molar-refractivity contribution in [3.05, 3.63) is 42.2 Å². The van der Waals surface area contributed by atoms with Gasteiger partial charge in [-0.05, 0) is 5.39 Å². The Balaban J connectivity index is 2.83. The normalized spacial score (nSPS) is 10.2. The number of primary amides is 1. The maximum atomic E-state index is 11.0. The molecule has 0 bridgehead atoms. The number of rotatable bonds is 1. The summed E-state index contributed by atoms with van der Waals surface area (Å²) in [6.45, 7) is 0. The molecule has 3 nitrogen and oxygen atoms in total. The molecule has 0 spiro atoms. The second-order valence-electron chi connectivity index (χ2n) is 2.77. The summed E-state index contributed by atoms with van der Waals surface area (Å²) < 4.78 is 0. The van der Waals surface area contributed by atoms with Gasteiger partial charge in [0.15, 0.2) is 0 Å². The van der Waals surface area contributed by atoms with Crippen LogP contribution in [0.3, 0.4) is 0 Å². The predicted molar refractivity (Wildman–Crippen MR) is 50.3 cm³/mol. The second-order valence-corrected chi connectivity index (χ2v) is 2.77. The summed E-state index contributed by atoms with van der Waals surface area (Å²) in [5.41, 5.74) is 5.67. The van der Waals surface area contributed by atoms with Crippen LogP contribution in [0.1, 0.15) is 10.4 Å². The molecule has 1 heterocycles. The molecular weight excluding hydrogens is 164 g/mol. The van der Waals surface area contributed by atoms with Gasteiger partial charge >= 0.3 is 0 Å². The van der Waals surface area contributed by atoms with Crippen molar-refractivity contribution in [2.24, 2.45) is 5.73 Å². The zero-order valence-corrected chi connectivity index (χ0v) is 6.90. The Morgan fingerprint density at radius 2 is 2.00 bits per heavy atom. The average Bonchev–Trinajstić information content (AvgIpc) is 2.17. The minimum absolute atomic E-state index is 0.440. The molecule has 0 aliphatic heterocycles. The lowest BCUT2D eigenvalue weighted by atomic mass is 10.1. The number of benzene rings is 1. The topological polar surface area (TPSA) is 56.0 Å². The van der Waals surface area contributed by atoms with Crippen LogP contribution in [0, 0.1) is 0 Å². The number of amides is 1. The van der Waals surface area contributed by atoms with E-state index in [0.29, 0.717) is 5.56 Å². The van der Waals surface area contributed by atoms with Crippen LogP contribution in [0.25, 0.3) is 10.8 Å². The summed E-state index contributed by atoms with van der Waals surface area (Å²) >= 11 is 0.